The quantitative estimate of drug-likeness (QED) is 0.856. The molecule has 5 nitrogen and oxygen atoms in total. The minimum atomic E-state index is -0.912. The Morgan fingerprint density at radius 1 is 1.32 bits per heavy atom. The highest BCUT2D eigenvalue weighted by Crippen LogP contribution is 2.21. The molecule has 0 radical (unpaired) electrons. The topological polar surface area (TPSA) is 73.4 Å². The minimum absolute atomic E-state index is 0.0650. The number of H-pyrrole nitrogens is 1. The summed E-state index contributed by atoms with van der Waals surface area (Å²) >= 11 is 5.95. The maximum atomic E-state index is 12.6. The number of aliphatic carboxylic acids is 1. The molecule has 0 aliphatic heterocycles. The summed E-state index contributed by atoms with van der Waals surface area (Å²) < 4.78 is 0. The second-order valence-corrected chi connectivity index (χ2v) is 6.14. The van der Waals surface area contributed by atoms with Crippen LogP contribution in [0.4, 0.5) is 0 Å². The van der Waals surface area contributed by atoms with E-state index in [1.165, 1.54) is 0 Å². The highest BCUT2D eigenvalue weighted by Gasteiger charge is 2.19. The molecule has 0 aliphatic rings. The van der Waals surface area contributed by atoms with Gasteiger partial charge in [0.05, 0.1) is 6.42 Å². The Kier molecular flexibility index (Phi) is 5.08. The molecule has 0 unspecified atom stereocenters. The highest BCUT2D eigenvalue weighted by molar-refractivity contribution is 6.31. The molecule has 1 heterocycles. The fourth-order valence-corrected chi connectivity index (χ4v) is 2.52. The minimum Gasteiger partial charge on any atom is -0.481 e. The summed E-state index contributed by atoms with van der Waals surface area (Å²) in [4.78, 5) is 28.0. The Labute approximate surface area is 133 Å². The van der Waals surface area contributed by atoms with Gasteiger partial charge in [0.15, 0.2) is 0 Å². The molecule has 6 heteroatoms. The molecule has 1 amide bonds. The van der Waals surface area contributed by atoms with E-state index in [4.69, 9.17) is 16.7 Å². The summed E-state index contributed by atoms with van der Waals surface area (Å²) in [6.07, 6.45) is -0.0650. The zero-order valence-corrected chi connectivity index (χ0v) is 13.4. The fourth-order valence-electron chi connectivity index (χ4n) is 2.34. The van der Waals surface area contributed by atoms with Gasteiger partial charge in [-0.2, -0.15) is 0 Å². The number of hydrogen-bond acceptors (Lipinski definition) is 2. The number of carbonyl (C=O) groups is 2. The van der Waals surface area contributed by atoms with Gasteiger partial charge < -0.3 is 15.0 Å². The molecular formula is C16H19ClN2O3. The van der Waals surface area contributed by atoms with Gasteiger partial charge in [0.25, 0.3) is 5.91 Å². The molecule has 118 valence electrons. The van der Waals surface area contributed by atoms with Crippen LogP contribution in [0.3, 0.4) is 0 Å². The Hall–Kier alpha value is -2.01. The Balaban J connectivity index is 2.24. The molecule has 0 atom stereocenters. The van der Waals surface area contributed by atoms with Gasteiger partial charge in [0, 0.05) is 29.0 Å². The first-order valence-corrected chi connectivity index (χ1v) is 7.54. The lowest BCUT2D eigenvalue weighted by molar-refractivity contribution is -0.137. The molecule has 1 aromatic carbocycles. The van der Waals surface area contributed by atoms with Crippen molar-refractivity contribution in [2.75, 3.05) is 13.1 Å². The first kappa shape index (κ1) is 16.4. The van der Waals surface area contributed by atoms with Crippen molar-refractivity contribution in [3.8, 4) is 0 Å². The molecule has 1 aromatic heterocycles. The molecule has 0 spiro atoms. The van der Waals surface area contributed by atoms with Crippen LogP contribution >= 0.6 is 11.6 Å². The standard InChI is InChI=1S/C16H19ClN2O3/c1-10(2)9-19(6-5-15(20)21)16(22)14-8-11-7-12(17)3-4-13(11)18-14/h3-4,7-8,10,18H,5-6,9H2,1-2H3,(H,20,21). The number of nitrogens with one attached hydrogen (secondary N) is 1. The lowest BCUT2D eigenvalue weighted by Crippen LogP contribution is -2.36. The average molecular weight is 323 g/mol. The predicted molar refractivity (Wildman–Crippen MR) is 86.3 cm³/mol. The molecule has 0 aliphatic carbocycles. The molecule has 0 bridgehead atoms. The van der Waals surface area contributed by atoms with Gasteiger partial charge >= 0.3 is 5.97 Å². The van der Waals surface area contributed by atoms with Crippen LogP contribution in [0.25, 0.3) is 10.9 Å². The number of carboxylic acid groups (broad SMARTS) is 1. The number of rotatable bonds is 6. The Morgan fingerprint density at radius 3 is 2.68 bits per heavy atom. The normalized spacial score (nSPS) is 11.1. The van der Waals surface area contributed by atoms with E-state index in [0.29, 0.717) is 17.3 Å². The van der Waals surface area contributed by atoms with E-state index in [9.17, 15) is 9.59 Å². The summed E-state index contributed by atoms with van der Waals surface area (Å²) in [6, 6.07) is 7.11. The zero-order chi connectivity index (χ0) is 16.3. The third-order valence-corrected chi connectivity index (χ3v) is 3.52. The van der Waals surface area contributed by atoms with E-state index in [0.717, 1.165) is 10.9 Å². The number of benzene rings is 1. The van der Waals surface area contributed by atoms with E-state index in [2.05, 4.69) is 4.98 Å². The summed E-state index contributed by atoms with van der Waals surface area (Å²) in [7, 11) is 0. The van der Waals surface area contributed by atoms with Gasteiger partial charge in [0.2, 0.25) is 0 Å². The van der Waals surface area contributed by atoms with E-state index in [-0.39, 0.29) is 24.8 Å². The van der Waals surface area contributed by atoms with Crippen LogP contribution in [-0.4, -0.2) is 40.0 Å². The Morgan fingerprint density at radius 2 is 2.05 bits per heavy atom. The van der Waals surface area contributed by atoms with E-state index in [1.807, 2.05) is 19.9 Å². The van der Waals surface area contributed by atoms with Crippen molar-refractivity contribution in [3.63, 3.8) is 0 Å². The second-order valence-electron chi connectivity index (χ2n) is 5.70. The van der Waals surface area contributed by atoms with Crippen molar-refractivity contribution in [3.05, 3.63) is 35.0 Å². The molecule has 0 fully saturated rings. The van der Waals surface area contributed by atoms with Gasteiger partial charge in [-0.15, -0.1) is 0 Å². The molecule has 2 aromatic rings. The monoisotopic (exact) mass is 322 g/mol. The number of carbonyl (C=O) groups excluding carboxylic acids is 1. The van der Waals surface area contributed by atoms with Crippen LogP contribution in [0, 0.1) is 5.92 Å². The number of hydrogen-bond donors (Lipinski definition) is 2. The van der Waals surface area contributed by atoms with Crippen molar-refractivity contribution >= 4 is 34.4 Å². The molecule has 2 rings (SSSR count). The third kappa shape index (κ3) is 4.01. The van der Waals surface area contributed by atoms with Crippen molar-refractivity contribution in [2.24, 2.45) is 5.92 Å². The number of aromatic nitrogens is 1. The van der Waals surface area contributed by atoms with Gasteiger partial charge in [-0.3, -0.25) is 9.59 Å². The van der Waals surface area contributed by atoms with E-state index < -0.39 is 5.97 Å². The summed E-state index contributed by atoms with van der Waals surface area (Å²) in [6.45, 7) is 4.70. The summed E-state index contributed by atoms with van der Waals surface area (Å²) in [5.41, 5.74) is 1.28. The second kappa shape index (κ2) is 6.83. The number of amides is 1. The number of aromatic amines is 1. The lowest BCUT2D eigenvalue weighted by Gasteiger charge is -2.23. The SMILES string of the molecule is CC(C)CN(CCC(=O)O)C(=O)c1cc2cc(Cl)ccc2[nH]1. The number of fused-ring (bicyclic) bond motifs is 1. The first-order chi connectivity index (χ1) is 10.4. The van der Waals surface area contributed by atoms with Crippen LogP contribution < -0.4 is 0 Å². The van der Waals surface area contributed by atoms with Crippen molar-refractivity contribution in [2.45, 2.75) is 20.3 Å². The van der Waals surface area contributed by atoms with Gasteiger partial charge in [-0.05, 0) is 30.2 Å². The highest BCUT2D eigenvalue weighted by atomic mass is 35.5. The van der Waals surface area contributed by atoms with Gasteiger partial charge in [-0.25, -0.2) is 0 Å². The van der Waals surface area contributed by atoms with Gasteiger partial charge in [0.1, 0.15) is 5.69 Å². The van der Waals surface area contributed by atoms with E-state index >= 15 is 0 Å². The molecule has 0 saturated carbocycles. The van der Waals surface area contributed by atoms with Crippen LogP contribution in [-0.2, 0) is 4.79 Å². The smallest absolute Gasteiger partial charge is 0.305 e. The van der Waals surface area contributed by atoms with Crippen molar-refractivity contribution in [1.29, 1.82) is 0 Å². The van der Waals surface area contributed by atoms with Gasteiger partial charge in [-0.1, -0.05) is 25.4 Å². The number of carboxylic acids is 1. The summed E-state index contributed by atoms with van der Waals surface area (Å²) in [5.74, 6) is -0.844. The van der Waals surface area contributed by atoms with E-state index in [1.54, 1.807) is 23.1 Å². The molecule has 2 N–H and O–H groups in total. The third-order valence-electron chi connectivity index (χ3n) is 3.28. The molecule has 22 heavy (non-hydrogen) atoms. The number of nitrogens with zero attached hydrogens (tertiary/aromatic N) is 1. The average Bonchev–Trinajstić information content (AvgIpc) is 2.85. The van der Waals surface area contributed by atoms with Crippen molar-refractivity contribution < 1.29 is 14.7 Å². The van der Waals surface area contributed by atoms with Crippen LogP contribution in [0.15, 0.2) is 24.3 Å². The Bertz CT molecular complexity index is 694. The van der Waals surface area contributed by atoms with Crippen LogP contribution in [0.1, 0.15) is 30.8 Å². The maximum Gasteiger partial charge on any atom is 0.305 e. The largest absolute Gasteiger partial charge is 0.481 e. The van der Waals surface area contributed by atoms with Crippen molar-refractivity contribution in [1.82, 2.24) is 9.88 Å². The predicted octanol–water partition coefficient (Wildman–Crippen LogP) is 3.39. The zero-order valence-electron chi connectivity index (χ0n) is 12.6. The molecule has 0 saturated heterocycles. The van der Waals surface area contributed by atoms with Crippen LogP contribution in [0.2, 0.25) is 5.02 Å². The molecular weight excluding hydrogens is 304 g/mol. The lowest BCUT2D eigenvalue weighted by atomic mass is 10.2. The fraction of sp³-hybridized carbons (Fsp3) is 0.375. The number of halogens is 1. The van der Waals surface area contributed by atoms with Crippen LogP contribution in [0.5, 0.6) is 0 Å². The maximum absolute atomic E-state index is 12.6. The summed E-state index contributed by atoms with van der Waals surface area (Å²) in [5, 5.41) is 10.3. The first-order valence-electron chi connectivity index (χ1n) is 7.16.